The first-order valence-electron chi connectivity index (χ1n) is 6.83. The van der Waals surface area contributed by atoms with Gasteiger partial charge in [0.2, 0.25) is 0 Å². The van der Waals surface area contributed by atoms with Gasteiger partial charge in [0.05, 0.1) is 10.6 Å². The molecule has 0 amide bonds. The highest BCUT2D eigenvalue weighted by molar-refractivity contribution is 6.73. The van der Waals surface area contributed by atoms with E-state index in [9.17, 15) is 9.18 Å². The molecule has 0 radical (unpaired) electrons. The number of aromatic nitrogens is 1. The Bertz CT molecular complexity index is 894. The van der Waals surface area contributed by atoms with Crippen LogP contribution in [0.4, 0.5) is 10.1 Å². The number of hydrogen-bond donors (Lipinski definition) is 0. The maximum atomic E-state index is 14.1. The molecule has 25 heavy (non-hydrogen) atoms. The van der Waals surface area contributed by atoms with Crippen molar-refractivity contribution < 1.29 is 13.9 Å². The van der Waals surface area contributed by atoms with Crippen molar-refractivity contribution in [3.8, 4) is 18.1 Å². The van der Waals surface area contributed by atoms with Crippen molar-refractivity contribution >= 4 is 50.9 Å². The van der Waals surface area contributed by atoms with Crippen LogP contribution in [0.25, 0.3) is 0 Å². The van der Waals surface area contributed by atoms with E-state index in [1.54, 1.807) is 6.92 Å². The zero-order valence-corrected chi connectivity index (χ0v) is 15.0. The lowest BCUT2D eigenvalue weighted by Gasteiger charge is -2.12. The number of carbonyl (C=O) groups excluding carboxylic acids is 1. The SMILES string of the molecule is C#CC(C)Oc1cc(N=C(Cl)c2ccncc2C(=O)Cl)c(F)cc1Cl. The zero-order chi connectivity index (χ0) is 18.6. The second kappa shape index (κ2) is 8.30. The van der Waals surface area contributed by atoms with Gasteiger partial charge in [-0.25, -0.2) is 9.38 Å². The molecule has 0 aliphatic rings. The quantitative estimate of drug-likeness (QED) is 0.405. The number of hydrogen-bond acceptors (Lipinski definition) is 4. The standard InChI is InChI=1S/C17H10Cl3FN2O2/c1-3-9(2)25-15-7-14(13(21)6-12(15)18)23-16(19)10-4-5-22-8-11(10)17(20)24/h1,4-9H,2H3. The number of nitrogens with zero attached hydrogens (tertiary/aromatic N) is 2. The molecule has 8 heteroatoms. The van der Waals surface area contributed by atoms with E-state index in [2.05, 4.69) is 15.9 Å². The summed E-state index contributed by atoms with van der Waals surface area (Å²) in [5, 5.41) is -0.876. The second-order valence-electron chi connectivity index (χ2n) is 4.76. The molecule has 1 atom stereocenters. The Labute approximate surface area is 158 Å². The first-order chi connectivity index (χ1) is 11.8. The van der Waals surface area contributed by atoms with E-state index < -0.39 is 17.2 Å². The third-order valence-corrected chi connectivity index (χ3v) is 3.80. The van der Waals surface area contributed by atoms with Gasteiger partial charge in [-0.05, 0) is 30.7 Å². The minimum Gasteiger partial charge on any atom is -0.476 e. The lowest BCUT2D eigenvalue weighted by Crippen LogP contribution is -2.08. The monoisotopic (exact) mass is 398 g/mol. The summed E-state index contributed by atoms with van der Waals surface area (Å²) in [6.07, 6.45) is 7.32. The zero-order valence-electron chi connectivity index (χ0n) is 12.8. The summed E-state index contributed by atoms with van der Waals surface area (Å²) >= 11 is 17.5. The molecule has 0 fully saturated rings. The molecule has 128 valence electrons. The number of ether oxygens (including phenoxy) is 1. The van der Waals surface area contributed by atoms with Gasteiger partial charge in [-0.2, -0.15) is 0 Å². The van der Waals surface area contributed by atoms with Crippen molar-refractivity contribution in [1.82, 2.24) is 4.98 Å². The van der Waals surface area contributed by atoms with Crippen LogP contribution in [0.15, 0.2) is 35.6 Å². The molecule has 0 N–H and O–H groups in total. The van der Waals surface area contributed by atoms with Crippen molar-refractivity contribution in [2.45, 2.75) is 13.0 Å². The molecule has 0 spiro atoms. The van der Waals surface area contributed by atoms with Gasteiger partial charge in [-0.3, -0.25) is 9.78 Å². The van der Waals surface area contributed by atoms with Crippen molar-refractivity contribution in [2.75, 3.05) is 0 Å². The fourth-order valence-corrected chi connectivity index (χ4v) is 2.42. The molecule has 0 aliphatic heterocycles. The Kier molecular flexibility index (Phi) is 6.38. The van der Waals surface area contributed by atoms with Gasteiger partial charge in [-0.1, -0.05) is 29.1 Å². The molecule has 0 saturated carbocycles. The number of pyridine rings is 1. The molecule has 1 aromatic carbocycles. The maximum absolute atomic E-state index is 14.1. The summed E-state index contributed by atoms with van der Waals surface area (Å²) in [7, 11) is 0. The van der Waals surface area contributed by atoms with Crippen LogP contribution in [0.2, 0.25) is 5.02 Å². The first kappa shape index (κ1) is 19.2. The molecule has 1 aromatic heterocycles. The van der Waals surface area contributed by atoms with Crippen LogP contribution in [0.3, 0.4) is 0 Å². The highest BCUT2D eigenvalue weighted by Crippen LogP contribution is 2.33. The van der Waals surface area contributed by atoms with Gasteiger partial charge in [0.15, 0.2) is 11.9 Å². The molecule has 0 bridgehead atoms. The van der Waals surface area contributed by atoms with E-state index in [0.717, 1.165) is 6.07 Å². The molecule has 2 rings (SSSR count). The van der Waals surface area contributed by atoms with E-state index in [0.29, 0.717) is 0 Å². The molecule has 4 nitrogen and oxygen atoms in total. The smallest absolute Gasteiger partial charge is 0.254 e. The Balaban J connectivity index is 2.49. The van der Waals surface area contributed by atoms with Crippen LogP contribution in [0.5, 0.6) is 5.75 Å². The number of aliphatic imine (C=N–C) groups is 1. The maximum Gasteiger partial charge on any atom is 0.254 e. The fourth-order valence-electron chi connectivity index (χ4n) is 1.82. The van der Waals surface area contributed by atoms with E-state index in [-0.39, 0.29) is 32.8 Å². The summed E-state index contributed by atoms with van der Waals surface area (Å²) in [5.41, 5.74) is 0.119. The highest BCUT2D eigenvalue weighted by Gasteiger charge is 2.15. The molecular weight excluding hydrogens is 390 g/mol. The minimum absolute atomic E-state index is 0.0372. The van der Waals surface area contributed by atoms with Crippen molar-refractivity contribution in [3.63, 3.8) is 0 Å². The second-order valence-corrected chi connectivity index (χ2v) is 5.87. The van der Waals surface area contributed by atoms with Crippen LogP contribution in [0, 0.1) is 18.2 Å². The van der Waals surface area contributed by atoms with Gasteiger partial charge < -0.3 is 4.74 Å². The van der Waals surface area contributed by atoms with Crippen LogP contribution in [0.1, 0.15) is 22.8 Å². The Hall–Kier alpha value is -2.13. The molecule has 0 saturated heterocycles. The molecule has 1 unspecified atom stereocenters. The predicted octanol–water partition coefficient (Wildman–Crippen LogP) is 4.97. The minimum atomic E-state index is -0.764. The topological polar surface area (TPSA) is 51.6 Å². The number of carbonyl (C=O) groups is 1. The van der Waals surface area contributed by atoms with Crippen LogP contribution >= 0.6 is 34.8 Å². The van der Waals surface area contributed by atoms with Gasteiger partial charge in [0.25, 0.3) is 5.24 Å². The molecule has 1 heterocycles. The predicted molar refractivity (Wildman–Crippen MR) is 96.8 cm³/mol. The van der Waals surface area contributed by atoms with Gasteiger partial charge in [-0.15, -0.1) is 6.42 Å². The molecule has 2 aromatic rings. The third-order valence-electron chi connectivity index (χ3n) is 3.01. The summed E-state index contributed by atoms with van der Waals surface area (Å²) in [6.45, 7) is 1.63. The fraction of sp³-hybridized carbons (Fsp3) is 0.118. The average Bonchev–Trinajstić information content (AvgIpc) is 2.58. The van der Waals surface area contributed by atoms with E-state index in [4.69, 9.17) is 46.0 Å². The van der Waals surface area contributed by atoms with Gasteiger partial charge in [0, 0.05) is 24.0 Å². The third kappa shape index (κ3) is 4.70. The Morgan fingerprint density at radius 1 is 1.40 bits per heavy atom. The number of rotatable bonds is 5. The summed E-state index contributed by atoms with van der Waals surface area (Å²) in [4.78, 5) is 19.2. The molecule has 0 aliphatic carbocycles. The van der Waals surface area contributed by atoms with Crippen molar-refractivity contribution in [2.24, 2.45) is 4.99 Å². The first-order valence-corrected chi connectivity index (χ1v) is 7.97. The van der Waals surface area contributed by atoms with E-state index in [1.807, 2.05) is 0 Å². The van der Waals surface area contributed by atoms with Crippen LogP contribution in [-0.2, 0) is 0 Å². The highest BCUT2D eigenvalue weighted by atomic mass is 35.5. The number of benzene rings is 1. The largest absolute Gasteiger partial charge is 0.476 e. The summed E-state index contributed by atoms with van der Waals surface area (Å²) in [5.74, 6) is 1.79. The summed E-state index contributed by atoms with van der Waals surface area (Å²) < 4.78 is 19.5. The number of terminal acetylenes is 1. The van der Waals surface area contributed by atoms with Crippen LogP contribution in [-0.4, -0.2) is 21.5 Å². The number of halogens is 4. The molecular formula is C17H10Cl3FN2O2. The van der Waals surface area contributed by atoms with Crippen molar-refractivity contribution in [1.29, 1.82) is 0 Å². The Morgan fingerprint density at radius 3 is 2.76 bits per heavy atom. The van der Waals surface area contributed by atoms with E-state index in [1.165, 1.54) is 24.5 Å². The van der Waals surface area contributed by atoms with Gasteiger partial charge >= 0.3 is 0 Å². The van der Waals surface area contributed by atoms with Crippen molar-refractivity contribution in [3.05, 3.63) is 52.6 Å². The lowest BCUT2D eigenvalue weighted by molar-refractivity contribution is 0.108. The van der Waals surface area contributed by atoms with Gasteiger partial charge in [0.1, 0.15) is 16.6 Å². The normalized spacial score (nSPS) is 12.4. The average molecular weight is 400 g/mol. The van der Waals surface area contributed by atoms with E-state index >= 15 is 0 Å². The lowest BCUT2D eigenvalue weighted by atomic mass is 10.1. The van der Waals surface area contributed by atoms with Crippen LogP contribution < -0.4 is 4.74 Å². The Morgan fingerprint density at radius 2 is 2.12 bits per heavy atom. The summed E-state index contributed by atoms with van der Waals surface area (Å²) in [6, 6.07) is 3.73.